The Balaban J connectivity index is 2.08. The van der Waals surface area contributed by atoms with E-state index in [-0.39, 0.29) is 12.5 Å². The highest BCUT2D eigenvalue weighted by Gasteiger charge is 2.27. The Morgan fingerprint density at radius 3 is 3.06 bits per heavy atom. The number of nitrogens with one attached hydrogen (secondary N) is 1. The van der Waals surface area contributed by atoms with Crippen molar-refractivity contribution in [3.63, 3.8) is 0 Å². The van der Waals surface area contributed by atoms with Crippen LogP contribution >= 0.6 is 15.9 Å². The predicted octanol–water partition coefficient (Wildman–Crippen LogP) is 1.96. The Morgan fingerprint density at radius 2 is 2.31 bits per heavy atom. The summed E-state index contributed by atoms with van der Waals surface area (Å²) in [6, 6.07) is 1.89. The number of phenolic OH excluding ortho intramolecular Hbond substituents is 1. The van der Waals surface area contributed by atoms with E-state index in [1.165, 1.54) is 0 Å². The van der Waals surface area contributed by atoms with Crippen LogP contribution in [0.5, 0.6) is 17.2 Å². The van der Waals surface area contributed by atoms with Crippen LogP contribution in [0.3, 0.4) is 0 Å². The number of benzene rings is 1. The minimum atomic E-state index is 0.222. The summed E-state index contributed by atoms with van der Waals surface area (Å²) in [7, 11) is 0. The molecular formula is C11H12BrNO3. The number of ether oxygens (including phenoxy) is 2. The van der Waals surface area contributed by atoms with Crippen LogP contribution in [0.2, 0.25) is 0 Å². The van der Waals surface area contributed by atoms with Crippen LogP contribution < -0.4 is 14.8 Å². The maximum Gasteiger partial charge on any atom is 0.231 e. The van der Waals surface area contributed by atoms with E-state index in [1.54, 1.807) is 0 Å². The van der Waals surface area contributed by atoms with Gasteiger partial charge in [0, 0.05) is 18.0 Å². The first-order valence-corrected chi connectivity index (χ1v) is 6.08. The lowest BCUT2D eigenvalue weighted by Crippen LogP contribution is -2.08. The average molecular weight is 286 g/mol. The summed E-state index contributed by atoms with van der Waals surface area (Å²) in [6.07, 6.45) is 1.04. The van der Waals surface area contributed by atoms with Gasteiger partial charge in [0.1, 0.15) is 10.2 Å². The normalized spacial score (nSPS) is 22.7. The summed E-state index contributed by atoms with van der Waals surface area (Å²) >= 11 is 3.35. The Hall–Kier alpha value is -0.940. The van der Waals surface area contributed by atoms with Gasteiger partial charge in [-0.1, -0.05) is 0 Å². The van der Waals surface area contributed by atoms with E-state index in [0.29, 0.717) is 21.9 Å². The molecular weight excluding hydrogens is 274 g/mol. The van der Waals surface area contributed by atoms with E-state index in [4.69, 9.17) is 9.47 Å². The van der Waals surface area contributed by atoms with Crippen molar-refractivity contribution in [1.82, 2.24) is 5.32 Å². The molecule has 4 nitrogen and oxygen atoms in total. The zero-order valence-corrected chi connectivity index (χ0v) is 10.2. The van der Waals surface area contributed by atoms with E-state index in [9.17, 15) is 5.11 Å². The molecule has 0 amide bonds. The smallest absolute Gasteiger partial charge is 0.231 e. The van der Waals surface area contributed by atoms with Gasteiger partial charge in [-0.15, -0.1) is 0 Å². The fraction of sp³-hybridized carbons (Fsp3) is 0.455. The lowest BCUT2D eigenvalue weighted by molar-refractivity contribution is 0.173. The molecule has 0 radical (unpaired) electrons. The first kappa shape index (κ1) is 10.2. The SMILES string of the molecule is Oc1c(C2CCNC2)cc2c(c1Br)OCO2. The largest absolute Gasteiger partial charge is 0.506 e. The molecule has 1 aromatic rings. The van der Waals surface area contributed by atoms with Crippen LogP contribution in [0, 0.1) is 0 Å². The van der Waals surface area contributed by atoms with Gasteiger partial charge in [-0.25, -0.2) is 0 Å². The van der Waals surface area contributed by atoms with Crippen LogP contribution in [0.15, 0.2) is 10.5 Å². The second-order valence-electron chi connectivity index (χ2n) is 4.05. The molecule has 0 aromatic heterocycles. The lowest BCUT2D eigenvalue weighted by atomic mass is 9.97. The fourth-order valence-corrected chi connectivity index (χ4v) is 2.78. The molecule has 2 aliphatic rings. The highest BCUT2D eigenvalue weighted by atomic mass is 79.9. The average Bonchev–Trinajstić information content (AvgIpc) is 2.92. The molecule has 0 bridgehead atoms. The zero-order chi connectivity index (χ0) is 11.1. The van der Waals surface area contributed by atoms with Gasteiger partial charge in [-0.05, 0) is 35.0 Å². The van der Waals surface area contributed by atoms with E-state index < -0.39 is 0 Å². The summed E-state index contributed by atoms with van der Waals surface area (Å²) in [5.74, 6) is 1.95. The summed E-state index contributed by atoms with van der Waals surface area (Å²) in [4.78, 5) is 0. The number of fused-ring (bicyclic) bond motifs is 1. The number of hydrogen-bond acceptors (Lipinski definition) is 4. The maximum absolute atomic E-state index is 10.1. The molecule has 0 aliphatic carbocycles. The van der Waals surface area contributed by atoms with Gasteiger partial charge in [0.05, 0.1) is 0 Å². The van der Waals surface area contributed by atoms with Crippen molar-refractivity contribution in [3.05, 3.63) is 16.1 Å². The van der Waals surface area contributed by atoms with Crippen LogP contribution in [0.1, 0.15) is 17.9 Å². The molecule has 2 heterocycles. The van der Waals surface area contributed by atoms with E-state index in [1.807, 2.05) is 6.07 Å². The van der Waals surface area contributed by atoms with Crippen molar-refractivity contribution >= 4 is 15.9 Å². The minimum Gasteiger partial charge on any atom is -0.506 e. The Labute approximate surface area is 102 Å². The second-order valence-corrected chi connectivity index (χ2v) is 4.84. The molecule has 2 aliphatic heterocycles. The lowest BCUT2D eigenvalue weighted by Gasteiger charge is -2.13. The van der Waals surface area contributed by atoms with Gasteiger partial charge in [0.2, 0.25) is 6.79 Å². The molecule has 1 unspecified atom stereocenters. The number of halogens is 1. The van der Waals surface area contributed by atoms with Gasteiger partial charge in [0.15, 0.2) is 11.5 Å². The molecule has 1 fully saturated rings. The summed E-state index contributed by atoms with van der Waals surface area (Å²) < 4.78 is 11.2. The molecule has 1 aromatic carbocycles. The summed E-state index contributed by atoms with van der Waals surface area (Å²) in [5.41, 5.74) is 0.932. The topological polar surface area (TPSA) is 50.7 Å². The molecule has 0 spiro atoms. The first-order valence-electron chi connectivity index (χ1n) is 5.29. The van der Waals surface area contributed by atoms with E-state index in [2.05, 4.69) is 21.2 Å². The molecule has 1 saturated heterocycles. The number of phenols is 1. The van der Waals surface area contributed by atoms with Crippen LogP contribution in [0.4, 0.5) is 0 Å². The second kappa shape index (κ2) is 3.82. The van der Waals surface area contributed by atoms with Crippen LogP contribution in [-0.2, 0) is 0 Å². The number of rotatable bonds is 1. The van der Waals surface area contributed by atoms with Crippen molar-refractivity contribution in [2.24, 2.45) is 0 Å². The quantitative estimate of drug-likeness (QED) is 0.828. The Bertz CT molecular complexity index is 430. The predicted molar refractivity (Wildman–Crippen MR) is 62.2 cm³/mol. The van der Waals surface area contributed by atoms with Crippen LogP contribution in [-0.4, -0.2) is 25.0 Å². The standard InChI is InChI=1S/C11H12BrNO3/c12-9-10(14)7(6-1-2-13-4-6)3-8-11(9)16-5-15-8/h3,6,13-14H,1-2,4-5H2. The van der Waals surface area contributed by atoms with Gasteiger partial charge in [-0.3, -0.25) is 0 Å². The monoisotopic (exact) mass is 285 g/mol. The maximum atomic E-state index is 10.1. The minimum absolute atomic E-state index is 0.222. The van der Waals surface area contributed by atoms with Crippen molar-refractivity contribution in [3.8, 4) is 17.2 Å². The zero-order valence-electron chi connectivity index (χ0n) is 8.62. The Morgan fingerprint density at radius 1 is 1.44 bits per heavy atom. The molecule has 16 heavy (non-hydrogen) atoms. The van der Waals surface area contributed by atoms with Gasteiger partial charge in [-0.2, -0.15) is 0 Å². The van der Waals surface area contributed by atoms with Crippen LogP contribution in [0.25, 0.3) is 0 Å². The molecule has 86 valence electrons. The van der Waals surface area contributed by atoms with E-state index in [0.717, 1.165) is 25.1 Å². The van der Waals surface area contributed by atoms with Crippen molar-refractivity contribution in [1.29, 1.82) is 0 Å². The van der Waals surface area contributed by atoms with Crippen molar-refractivity contribution in [2.75, 3.05) is 19.9 Å². The molecule has 0 saturated carbocycles. The van der Waals surface area contributed by atoms with Gasteiger partial charge >= 0.3 is 0 Å². The fourth-order valence-electron chi connectivity index (χ4n) is 2.24. The first-order chi connectivity index (χ1) is 7.77. The summed E-state index contributed by atoms with van der Waals surface area (Å²) in [6.45, 7) is 2.12. The Kier molecular flexibility index (Phi) is 2.44. The number of aromatic hydroxyl groups is 1. The molecule has 2 N–H and O–H groups in total. The van der Waals surface area contributed by atoms with Gasteiger partial charge < -0.3 is 19.9 Å². The third-order valence-electron chi connectivity index (χ3n) is 3.11. The highest BCUT2D eigenvalue weighted by molar-refractivity contribution is 9.10. The summed E-state index contributed by atoms with van der Waals surface area (Å²) in [5, 5.41) is 13.4. The molecule has 1 atom stereocenters. The third-order valence-corrected chi connectivity index (χ3v) is 3.84. The van der Waals surface area contributed by atoms with Crippen molar-refractivity contribution < 1.29 is 14.6 Å². The number of hydrogen-bond donors (Lipinski definition) is 2. The van der Waals surface area contributed by atoms with Gasteiger partial charge in [0.25, 0.3) is 0 Å². The molecule has 3 rings (SSSR count). The van der Waals surface area contributed by atoms with E-state index >= 15 is 0 Å². The molecule has 5 heteroatoms. The third kappa shape index (κ3) is 1.46. The highest BCUT2D eigenvalue weighted by Crippen LogP contribution is 2.48. The van der Waals surface area contributed by atoms with Crippen molar-refractivity contribution in [2.45, 2.75) is 12.3 Å².